The first-order valence-corrected chi connectivity index (χ1v) is 9.62. The predicted molar refractivity (Wildman–Crippen MR) is 117 cm³/mol. The maximum absolute atomic E-state index is 12.6. The quantitative estimate of drug-likeness (QED) is 0.356. The lowest BCUT2D eigenvalue weighted by atomic mass is 10.0. The molecule has 5 heteroatoms. The van der Waals surface area contributed by atoms with Gasteiger partial charge in [-0.25, -0.2) is 0 Å². The Hall–Kier alpha value is -3.99. The minimum Gasteiger partial charge on any atom is -0.508 e. The first-order chi connectivity index (χ1) is 14.5. The average Bonchev–Trinajstić information content (AvgIpc) is 2.75. The van der Waals surface area contributed by atoms with Crippen molar-refractivity contribution < 1.29 is 20.1 Å². The Labute approximate surface area is 173 Å². The van der Waals surface area contributed by atoms with Crippen molar-refractivity contribution in [2.24, 2.45) is 0 Å². The van der Waals surface area contributed by atoms with Gasteiger partial charge in [-0.1, -0.05) is 36.4 Å². The molecule has 30 heavy (non-hydrogen) atoms. The van der Waals surface area contributed by atoms with E-state index in [1.807, 2.05) is 36.4 Å². The third-order valence-electron chi connectivity index (χ3n) is 5.07. The number of rotatable bonds is 5. The fraction of sp³-hybridized carbons (Fsp3) is 0.0800. The molecule has 150 valence electrons. The van der Waals surface area contributed by atoms with Crippen LogP contribution in [0.2, 0.25) is 0 Å². The molecule has 0 heterocycles. The number of carbonyl (C=O) groups is 1. The fourth-order valence-corrected chi connectivity index (χ4v) is 3.41. The highest BCUT2D eigenvalue weighted by molar-refractivity contribution is 6.08. The van der Waals surface area contributed by atoms with E-state index in [9.17, 15) is 20.1 Å². The second-order valence-electron chi connectivity index (χ2n) is 7.18. The number of aryl methyl sites for hydroxylation is 2. The third-order valence-corrected chi connectivity index (χ3v) is 5.07. The van der Waals surface area contributed by atoms with Gasteiger partial charge >= 0.3 is 0 Å². The minimum absolute atomic E-state index is 0.0614. The molecule has 1 amide bonds. The molecule has 0 aliphatic heterocycles. The van der Waals surface area contributed by atoms with E-state index in [1.54, 1.807) is 30.3 Å². The van der Waals surface area contributed by atoms with Gasteiger partial charge in [0.05, 0.1) is 5.56 Å². The van der Waals surface area contributed by atoms with Gasteiger partial charge in [0, 0.05) is 5.69 Å². The number of hydrogen-bond donors (Lipinski definition) is 4. The zero-order chi connectivity index (χ0) is 21.1. The second kappa shape index (κ2) is 8.17. The predicted octanol–water partition coefficient (Wildman–Crippen LogP) is 4.99. The van der Waals surface area contributed by atoms with Crippen LogP contribution < -0.4 is 5.32 Å². The molecule has 4 N–H and O–H groups in total. The number of amides is 1. The van der Waals surface area contributed by atoms with Crippen molar-refractivity contribution >= 4 is 22.4 Å². The fourth-order valence-electron chi connectivity index (χ4n) is 3.41. The van der Waals surface area contributed by atoms with Crippen LogP contribution in [0.3, 0.4) is 0 Å². The van der Waals surface area contributed by atoms with E-state index >= 15 is 0 Å². The van der Waals surface area contributed by atoms with Gasteiger partial charge in [0.1, 0.15) is 17.2 Å². The summed E-state index contributed by atoms with van der Waals surface area (Å²) in [5.41, 5.74) is 2.55. The Kier molecular flexibility index (Phi) is 5.26. The summed E-state index contributed by atoms with van der Waals surface area (Å²) in [6.45, 7) is 0. The lowest BCUT2D eigenvalue weighted by Crippen LogP contribution is -2.12. The van der Waals surface area contributed by atoms with Crippen LogP contribution in [0.4, 0.5) is 5.69 Å². The SMILES string of the molecule is O=C(Nc1ccc(CCc2cc(O)ccc2O)cc1)c1cc2ccccc2cc1O. The van der Waals surface area contributed by atoms with Gasteiger partial charge in [-0.05, 0) is 77.2 Å². The smallest absolute Gasteiger partial charge is 0.259 e. The summed E-state index contributed by atoms with van der Waals surface area (Å²) >= 11 is 0. The van der Waals surface area contributed by atoms with Crippen molar-refractivity contribution in [2.45, 2.75) is 12.8 Å². The summed E-state index contributed by atoms with van der Waals surface area (Å²) in [6, 6.07) is 22.7. The summed E-state index contributed by atoms with van der Waals surface area (Å²) in [5.74, 6) is -0.158. The number of phenols is 3. The molecule has 0 spiro atoms. The minimum atomic E-state index is -0.379. The van der Waals surface area contributed by atoms with Gasteiger partial charge in [0.2, 0.25) is 0 Å². The van der Waals surface area contributed by atoms with Crippen molar-refractivity contribution in [3.05, 3.63) is 95.6 Å². The number of nitrogens with one attached hydrogen (secondary N) is 1. The van der Waals surface area contributed by atoms with E-state index in [1.165, 1.54) is 12.1 Å². The van der Waals surface area contributed by atoms with Crippen LogP contribution in [0.5, 0.6) is 17.2 Å². The number of aromatic hydroxyl groups is 3. The molecular formula is C25H21NO4. The molecule has 4 aromatic carbocycles. The van der Waals surface area contributed by atoms with Crippen LogP contribution in [-0.2, 0) is 12.8 Å². The van der Waals surface area contributed by atoms with Crippen LogP contribution in [-0.4, -0.2) is 21.2 Å². The Morgan fingerprint density at radius 1 is 0.733 bits per heavy atom. The normalized spacial score (nSPS) is 10.8. The van der Waals surface area contributed by atoms with Crippen molar-refractivity contribution in [1.29, 1.82) is 0 Å². The Balaban J connectivity index is 1.44. The highest BCUT2D eigenvalue weighted by atomic mass is 16.3. The number of carbonyl (C=O) groups excluding carboxylic acids is 1. The summed E-state index contributed by atoms with van der Waals surface area (Å²) in [6.07, 6.45) is 1.26. The molecule has 0 fully saturated rings. The van der Waals surface area contributed by atoms with E-state index in [0.717, 1.165) is 16.3 Å². The first-order valence-electron chi connectivity index (χ1n) is 9.62. The largest absolute Gasteiger partial charge is 0.508 e. The Morgan fingerprint density at radius 2 is 1.43 bits per heavy atom. The van der Waals surface area contributed by atoms with E-state index in [0.29, 0.717) is 24.1 Å². The van der Waals surface area contributed by atoms with Crippen LogP contribution in [0.25, 0.3) is 10.8 Å². The van der Waals surface area contributed by atoms with Crippen LogP contribution in [0.15, 0.2) is 78.9 Å². The molecule has 4 aromatic rings. The molecule has 0 aliphatic carbocycles. The second-order valence-corrected chi connectivity index (χ2v) is 7.18. The molecule has 0 bridgehead atoms. The van der Waals surface area contributed by atoms with E-state index in [4.69, 9.17) is 0 Å². The number of phenolic OH excluding ortho intramolecular Hbond substituents is 3. The van der Waals surface area contributed by atoms with Crippen LogP contribution in [0, 0.1) is 0 Å². The summed E-state index contributed by atoms with van der Waals surface area (Å²) in [7, 11) is 0. The summed E-state index contributed by atoms with van der Waals surface area (Å²) in [5, 5.41) is 34.2. The topological polar surface area (TPSA) is 89.8 Å². The lowest BCUT2D eigenvalue weighted by molar-refractivity contribution is 0.102. The standard InChI is InChI=1S/C25H21NO4/c27-21-11-12-23(28)19(13-21)8-5-16-6-9-20(10-7-16)26-25(30)22-14-17-3-1-2-4-18(17)15-24(22)29/h1-4,6-7,9-15,27-29H,5,8H2,(H,26,30). The highest BCUT2D eigenvalue weighted by Gasteiger charge is 2.13. The van der Waals surface area contributed by atoms with Gasteiger partial charge in [0.25, 0.3) is 5.91 Å². The number of fused-ring (bicyclic) bond motifs is 1. The maximum Gasteiger partial charge on any atom is 0.259 e. The van der Waals surface area contributed by atoms with Gasteiger partial charge in [-0.3, -0.25) is 4.79 Å². The third kappa shape index (κ3) is 4.20. The van der Waals surface area contributed by atoms with Crippen molar-refractivity contribution in [3.63, 3.8) is 0 Å². The summed E-state index contributed by atoms with van der Waals surface area (Å²) < 4.78 is 0. The maximum atomic E-state index is 12.6. The number of benzene rings is 4. The van der Waals surface area contributed by atoms with Crippen molar-refractivity contribution in [3.8, 4) is 17.2 Å². The molecule has 0 saturated heterocycles. The Bertz CT molecular complexity index is 1220. The molecule has 0 radical (unpaired) electrons. The molecule has 0 unspecified atom stereocenters. The molecule has 0 saturated carbocycles. The molecule has 0 atom stereocenters. The molecular weight excluding hydrogens is 378 g/mol. The van der Waals surface area contributed by atoms with Gasteiger partial charge < -0.3 is 20.6 Å². The monoisotopic (exact) mass is 399 g/mol. The molecule has 5 nitrogen and oxygen atoms in total. The van der Waals surface area contributed by atoms with E-state index in [-0.39, 0.29) is 28.7 Å². The van der Waals surface area contributed by atoms with Crippen LogP contribution in [0.1, 0.15) is 21.5 Å². The molecule has 4 rings (SSSR count). The van der Waals surface area contributed by atoms with Gasteiger partial charge in [0.15, 0.2) is 0 Å². The van der Waals surface area contributed by atoms with E-state index < -0.39 is 0 Å². The number of hydrogen-bond acceptors (Lipinski definition) is 4. The van der Waals surface area contributed by atoms with Gasteiger partial charge in [-0.2, -0.15) is 0 Å². The van der Waals surface area contributed by atoms with Crippen LogP contribution >= 0.6 is 0 Å². The Morgan fingerprint density at radius 3 is 2.17 bits per heavy atom. The highest BCUT2D eigenvalue weighted by Crippen LogP contribution is 2.26. The summed E-state index contributed by atoms with van der Waals surface area (Å²) in [4.78, 5) is 12.6. The average molecular weight is 399 g/mol. The zero-order valence-electron chi connectivity index (χ0n) is 16.2. The van der Waals surface area contributed by atoms with Gasteiger partial charge in [-0.15, -0.1) is 0 Å². The molecule has 0 aliphatic rings. The van der Waals surface area contributed by atoms with Crippen molar-refractivity contribution in [2.75, 3.05) is 5.32 Å². The molecule has 0 aromatic heterocycles. The lowest BCUT2D eigenvalue weighted by Gasteiger charge is -2.10. The first kappa shape index (κ1) is 19.3. The number of anilines is 1. The van der Waals surface area contributed by atoms with E-state index in [2.05, 4.69) is 5.32 Å². The zero-order valence-corrected chi connectivity index (χ0v) is 16.2. The van der Waals surface area contributed by atoms with Crippen molar-refractivity contribution in [1.82, 2.24) is 0 Å².